The minimum Gasteiger partial charge on any atom is -0.326 e. The second-order valence-electron chi connectivity index (χ2n) is 4.40. The Bertz CT molecular complexity index is 583. The normalized spacial score (nSPS) is 10.3. The van der Waals surface area contributed by atoms with Gasteiger partial charge in [0, 0.05) is 28.3 Å². The number of aryl methyl sites for hydroxylation is 1. The van der Waals surface area contributed by atoms with Gasteiger partial charge in [-0.25, -0.2) is 0 Å². The summed E-state index contributed by atoms with van der Waals surface area (Å²) < 4.78 is 0. The molecule has 2 aromatic carbocycles. The summed E-state index contributed by atoms with van der Waals surface area (Å²) in [6, 6.07) is 15.8. The monoisotopic (exact) mass is 305 g/mol. The second-order valence-corrected chi connectivity index (χ2v) is 5.97. The number of thioether (sulfide) groups is 1. The van der Waals surface area contributed by atoms with Gasteiger partial charge < -0.3 is 5.32 Å². The summed E-state index contributed by atoms with van der Waals surface area (Å²) in [5.74, 6) is 0.924. The van der Waals surface area contributed by atoms with Crippen LogP contribution in [-0.2, 0) is 11.2 Å². The van der Waals surface area contributed by atoms with Gasteiger partial charge in [0.1, 0.15) is 0 Å². The average Bonchev–Trinajstić information content (AvgIpc) is 2.42. The quantitative estimate of drug-likeness (QED) is 0.816. The van der Waals surface area contributed by atoms with Crippen molar-refractivity contribution in [3.63, 3.8) is 0 Å². The summed E-state index contributed by atoms with van der Waals surface area (Å²) in [5.41, 5.74) is 2.00. The van der Waals surface area contributed by atoms with Crippen molar-refractivity contribution in [1.82, 2.24) is 0 Å². The molecule has 4 heteroatoms. The average molecular weight is 306 g/mol. The molecule has 0 bridgehead atoms. The zero-order chi connectivity index (χ0) is 14.4. The van der Waals surface area contributed by atoms with Crippen LogP contribution in [0.4, 0.5) is 5.69 Å². The summed E-state index contributed by atoms with van der Waals surface area (Å²) >= 11 is 7.91. The van der Waals surface area contributed by atoms with Crippen LogP contribution in [0.5, 0.6) is 0 Å². The summed E-state index contributed by atoms with van der Waals surface area (Å²) in [5, 5.41) is 3.58. The van der Waals surface area contributed by atoms with Gasteiger partial charge in [0.05, 0.1) is 0 Å². The maximum absolute atomic E-state index is 10.9. The number of benzene rings is 2. The summed E-state index contributed by atoms with van der Waals surface area (Å²) in [4.78, 5) is 12.1. The first-order valence-electron chi connectivity index (χ1n) is 6.39. The molecule has 1 amide bonds. The lowest BCUT2D eigenvalue weighted by atomic mass is 10.2. The van der Waals surface area contributed by atoms with E-state index >= 15 is 0 Å². The van der Waals surface area contributed by atoms with E-state index < -0.39 is 0 Å². The van der Waals surface area contributed by atoms with E-state index in [0.717, 1.165) is 22.9 Å². The first kappa shape index (κ1) is 14.9. The molecule has 0 saturated heterocycles. The van der Waals surface area contributed by atoms with Crippen LogP contribution in [0.1, 0.15) is 12.5 Å². The van der Waals surface area contributed by atoms with Crippen molar-refractivity contribution in [3.8, 4) is 0 Å². The lowest BCUT2D eigenvalue weighted by molar-refractivity contribution is -0.114. The number of rotatable bonds is 5. The highest BCUT2D eigenvalue weighted by Gasteiger charge is 2.01. The van der Waals surface area contributed by atoms with Crippen molar-refractivity contribution in [2.45, 2.75) is 18.2 Å². The summed E-state index contributed by atoms with van der Waals surface area (Å²) in [6.07, 6.45) is 0.942. The maximum Gasteiger partial charge on any atom is 0.221 e. The Morgan fingerprint density at radius 2 is 1.85 bits per heavy atom. The van der Waals surface area contributed by atoms with Crippen molar-refractivity contribution in [2.24, 2.45) is 0 Å². The van der Waals surface area contributed by atoms with E-state index in [1.165, 1.54) is 17.4 Å². The molecule has 104 valence electrons. The van der Waals surface area contributed by atoms with Crippen LogP contribution in [0.2, 0.25) is 5.02 Å². The first-order chi connectivity index (χ1) is 9.65. The molecule has 1 N–H and O–H groups in total. The third-order valence-corrected chi connectivity index (χ3v) is 4.16. The minimum absolute atomic E-state index is 0.0517. The molecule has 2 nitrogen and oxygen atoms in total. The zero-order valence-corrected chi connectivity index (χ0v) is 12.8. The highest BCUT2D eigenvalue weighted by Crippen LogP contribution is 2.23. The van der Waals surface area contributed by atoms with E-state index in [9.17, 15) is 4.79 Å². The van der Waals surface area contributed by atoms with Crippen LogP contribution in [0.15, 0.2) is 53.4 Å². The van der Waals surface area contributed by atoms with Crippen molar-refractivity contribution in [1.29, 1.82) is 0 Å². The maximum atomic E-state index is 10.9. The number of amides is 1. The van der Waals surface area contributed by atoms with Crippen molar-refractivity contribution in [2.75, 3.05) is 11.1 Å². The molecule has 2 aromatic rings. The lowest BCUT2D eigenvalue weighted by Crippen LogP contribution is -2.05. The Hall–Kier alpha value is -1.45. The highest BCUT2D eigenvalue weighted by atomic mass is 35.5. The molecular weight excluding hydrogens is 290 g/mol. The third-order valence-electron chi connectivity index (χ3n) is 2.77. The first-order valence-corrected chi connectivity index (χ1v) is 7.75. The van der Waals surface area contributed by atoms with Gasteiger partial charge in [-0.15, -0.1) is 11.8 Å². The van der Waals surface area contributed by atoms with E-state index in [0.29, 0.717) is 0 Å². The molecule has 20 heavy (non-hydrogen) atoms. The molecular formula is C16H16ClNOS. The number of carbonyl (C=O) groups excluding carboxylic acids is 1. The Morgan fingerprint density at radius 1 is 1.15 bits per heavy atom. The number of anilines is 1. The Labute approximate surface area is 128 Å². The van der Waals surface area contributed by atoms with Crippen LogP contribution in [0.25, 0.3) is 0 Å². The molecule has 0 fully saturated rings. The predicted molar refractivity (Wildman–Crippen MR) is 86.6 cm³/mol. The molecule has 0 aliphatic carbocycles. The van der Waals surface area contributed by atoms with Crippen LogP contribution in [0, 0.1) is 0 Å². The molecule has 2 rings (SSSR count). The standard InChI is InChI=1S/C16H16ClNOS/c1-12(19)18-14-6-8-15(9-7-14)20-11-10-13-4-2-3-5-16(13)17/h2-9H,10-11H2,1H3,(H,18,19). The molecule has 0 aliphatic rings. The fourth-order valence-electron chi connectivity index (χ4n) is 1.82. The van der Waals surface area contributed by atoms with Gasteiger partial charge in [-0.1, -0.05) is 29.8 Å². The van der Waals surface area contributed by atoms with Gasteiger partial charge in [-0.2, -0.15) is 0 Å². The van der Waals surface area contributed by atoms with Crippen LogP contribution in [-0.4, -0.2) is 11.7 Å². The number of nitrogens with one attached hydrogen (secondary N) is 1. The van der Waals surface area contributed by atoms with E-state index in [1.54, 1.807) is 11.8 Å². The van der Waals surface area contributed by atoms with Gasteiger partial charge in [0.25, 0.3) is 0 Å². The van der Waals surface area contributed by atoms with Crippen LogP contribution in [0.3, 0.4) is 0 Å². The molecule has 0 saturated carbocycles. The molecule has 0 radical (unpaired) electrons. The smallest absolute Gasteiger partial charge is 0.221 e. The van der Waals surface area contributed by atoms with Crippen LogP contribution >= 0.6 is 23.4 Å². The molecule has 0 aliphatic heterocycles. The molecule has 0 unspecified atom stereocenters. The third kappa shape index (κ3) is 4.58. The van der Waals surface area contributed by atoms with Crippen molar-refractivity contribution < 1.29 is 4.79 Å². The minimum atomic E-state index is -0.0517. The van der Waals surface area contributed by atoms with Gasteiger partial charge in [-0.3, -0.25) is 4.79 Å². The molecule has 0 spiro atoms. The molecule has 0 aromatic heterocycles. The van der Waals surface area contributed by atoms with Gasteiger partial charge in [-0.05, 0) is 42.3 Å². The highest BCUT2D eigenvalue weighted by molar-refractivity contribution is 7.99. The fourth-order valence-corrected chi connectivity index (χ4v) is 2.93. The van der Waals surface area contributed by atoms with Crippen LogP contribution < -0.4 is 5.32 Å². The summed E-state index contributed by atoms with van der Waals surface area (Å²) in [6.45, 7) is 1.51. The second kappa shape index (κ2) is 7.36. The SMILES string of the molecule is CC(=O)Nc1ccc(SCCc2ccccc2Cl)cc1. The van der Waals surface area contributed by atoms with E-state index in [4.69, 9.17) is 11.6 Å². The van der Waals surface area contributed by atoms with E-state index in [1.807, 2.05) is 42.5 Å². The van der Waals surface area contributed by atoms with Crippen molar-refractivity contribution >= 4 is 35.0 Å². The summed E-state index contributed by atoms with van der Waals surface area (Å²) in [7, 11) is 0. The lowest BCUT2D eigenvalue weighted by Gasteiger charge is -2.06. The fraction of sp³-hybridized carbons (Fsp3) is 0.188. The Balaban J connectivity index is 1.85. The number of hydrogen-bond donors (Lipinski definition) is 1. The van der Waals surface area contributed by atoms with Gasteiger partial charge in [0.2, 0.25) is 5.91 Å². The number of hydrogen-bond acceptors (Lipinski definition) is 2. The van der Waals surface area contributed by atoms with Crippen molar-refractivity contribution in [3.05, 3.63) is 59.1 Å². The Morgan fingerprint density at radius 3 is 2.50 bits per heavy atom. The predicted octanol–water partition coefficient (Wildman–Crippen LogP) is 4.63. The topological polar surface area (TPSA) is 29.1 Å². The molecule has 0 heterocycles. The number of carbonyl (C=O) groups is 1. The Kier molecular flexibility index (Phi) is 5.50. The van der Waals surface area contributed by atoms with E-state index in [-0.39, 0.29) is 5.91 Å². The number of halogens is 1. The van der Waals surface area contributed by atoms with Gasteiger partial charge in [0.15, 0.2) is 0 Å². The molecule has 0 atom stereocenters. The van der Waals surface area contributed by atoms with Gasteiger partial charge >= 0.3 is 0 Å². The zero-order valence-electron chi connectivity index (χ0n) is 11.2. The largest absolute Gasteiger partial charge is 0.326 e. The van der Waals surface area contributed by atoms with E-state index in [2.05, 4.69) is 11.4 Å².